The van der Waals surface area contributed by atoms with Gasteiger partial charge in [-0.25, -0.2) is 12.7 Å². The molecule has 0 unspecified atom stereocenters. The molecule has 3 rings (SSSR count). The van der Waals surface area contributed by atoms with Gasteiger partial charge in [-0.05, 0) is 43.2 Å². The minimum Gasteiger partial charge on any atom is -0.507 e. The lowest BCUT2D eigenvalue weighted by atomic mass is 9.94. The predicted octanol–water partition coefficient (Wildman–Crippen LogP) is 2.70. The van der Waals surface area contributed by atoms with Gasteiger partial charge in [0.15, 0.2) is 0 Å². The largest absolute Gasteiger partial charge is 0.507 e. The summed E-state index contributed by atoms with van der Waals surface area (Å²) in [4.78, 5) is 27.4. The van der Waals surface area contributed by atoms with E-state index in [1.807, 2.05) is 31.2 Å². The van der Waals surface area contributed by atoms with Crippen LogP contribution in [0.1, 0.15) is 29.2 Å². The van der Waals surface area contributed by atoms with Gasteiger partial charge in [0, 0.05) is 39.9 Å². The number of aryl methyl sites for hydroxylation is 1. The Balaban J connectivity index is 2.09. The van der Waals surface area contributed by atoms with E-state index in [-0.39, 0.29) is 28.3 Å². The van der Waals surface area contributed by atoms with Crippen LogP contribution in [-0.2, 0) is 24.3 Å². The summed E-state index contributed by atoms with van der Waals surface area (Å²) >= 11 is 0. The lowest BCUT2D eigenvalue weighted by Crippen LogP contribution is -2.31. The van der Waals surface area contributed by atoms with Gasteiger partial charge < -0.3 is 14.7 Å². The van der Waals surface area contributed by atoms with E-state index < -0.39 is 27.8 Å². The fourth-order valence-electron chi connectivity index (χ4n) is 3.74. The zero-order valence-corrected chi connectivity index (χ0v) is 19.9. The molecule has 9 heteroatoms. The van der Waals surface area contributed by atoms with Crippen molar-refractivity contribution in [1.29, 1.82) is 0 Å². The number of hydrogen-bond donors (Lipinski definition) is 1. The Kier molecular flexibility index (Phi) is 7.36. The van der Waals surface area contributed by atoms with E-state index in [2.05, 4.69) is 0 Å². The summed E-state index contributed by atoms with van der Waals surface area (Å²) in [6.07, 6.45) is 0.531. The highest BCUT2D eigenvalue weighted by Gasteiger charge is 2.45. The Labute approximate surface area is 194 Å². The Bertz CT molecular complexity index is 1170. The van der Waals surface area contributed by atoms with E-state index in [1.165, 1.54) is 43.3 Å². The second-order valence-electron chi connectivity index (χ2n) is 8.06. The maximum absolute atomic E-state index is 13.0. The first-order chi connectivity index (χ1) is 15.6. The summed E-state index contributed by atoms with van der Waals surface area (Å²) < 4.78 is 30.8. The molecule has 33 heavy (non-hydrogen) atoms. The van der Waals surface area contributed by atoms with Crippen LogP contribution in [0.5, 0.6) is 0 Å². The molecule has 1 atom stereocenters. The monoisotopic (exact) mass is 472 g/mol. The van der Waals surface area contributed by atoms with Crippen molar-refractivity contribution < 1.29 is 27.9 Å². The smallest absolute Gasteiger partial charge is 0.295 e. The number of nitrogens with zero attached hydrogens (tertiary/aromatic N) is 2. The van der Waals surface area contributed by atoms with E-state index in [9.17, 15) is 23.1 Å². The van der Waals surface area contributed by atoms with Gasteiger partial charge in [-0.15, -0.1) is 0 Å². The topological polar surface area (TPSA) is 104 Å². The van der Waals surface area contributed by atoms with Crippen molar-refractivity contribution in [2.45, 2.75) is 24.3 Å². The molecule has 176 valence electrons. The Morgan fingerprint density at radius 3 is 2.21 bits per heavy atom. The molecule has 1 fully saturated rings. The van der Waals surface area contributed by atoms with Gasteiger partial charge in [0.2, 0.25) is 10.0 Å². The van der Waals surface area contributed by atoms with E-state index in [1.54, 1.807) is 7.11 Å². The van der Waals surface area contributed by atoms with E-state index in [0.29, 0.717) is 18.6 Å². The number of Topliss-reactive ketones (excluding diaryl/α,β-unsaturated/α-hetero) is 1. The molecule has 2 aromatic rings. The summed E-state index contributed by atoms with van der Waals surface area (Å²) in [6.45, 7) is 2.64. The molecule has 1 aliphatic rings. The molecule has 1 heterocycles. The van der Waals surface area contributed by atoms with Crippen LogP contribution in [0, 0.1) is 6.92 Å². The number of aliphatic hydroxyl groups excluding tert-OH is 1. The summed E-state index contributed by atoms with van der Waals surface area (Å²) in [5, 5.41) is 11.1. The molecule has 0 aromatic heterocycles. The zero-order valence-electron chi connectivity index (χ0n) is 19.1. The number of ketones is 1. The Morgan fingerprint density at radius 2 is 1.67 bits per heavy atom. The van der Waals surface area contributed by atoms with Crippen LogP contribution >= 0.6 is 0 Å². The van der Waals surface area contributed by atoms with Crippen LogP contribution in [0.15, 0.2) is 59.0 Å². The normalized spacial score (nSPS) is 18.3. The van der Waals surface area contributed by atoms with Crippen molar-refractivity contribution in [2.24, 2.45) is 0 Å². The molecule has 0 saturated carbocycles. The van der Waals surface area contributed by atoms with Crippen LogP contribution in [0.25, 0.3) is 5.76 Å². The number of likely N-dealkylation sites (tertiary alicyclic amines) is 1. The van der Waals surface area contributed by atoms with Crippen molar-refractivity contribution >= 4 is 27.5 Å². The van der Waals surface area contributed by atoms with Gasteiger partial charge in [0.25, 0.3) is 11.7 Å². The highest BCUT2D eigenvalue weighted by atomic mass is 32.2. The number of sulfonamides is 1. The lowest BCUT2D eigenvalue weighted by Gasteiger charge is -2.25. The molecule has 1 N–H and O–H groups in total. The summed E-state index contributed by atoms with van der Waals surface area (Å²) in [6, 6.07) is 12.2. The minimum absolute atomic E-state index is 0.0236. The van der Waals surface area contributed by atoms with Crippen LogP contribution in [0.2, 0.25) is 0 Å². The number of rotatable bonds is 8. The molecule has 1 amide bonds. The van der Waals surface area contributed by atoms with E-state index >= 15 is 0 Å². The highest BCUT2D eigenvalue weighted by Crippen LogP contribution is 2.39. The first-order valence-corrected chi connectivity index (χ1v) is 11.9. The summed E-state index contributed by atoms with van der Waals surface area (Å²) in [5.74, 6) is -1.81. The van der Waals surface area contributed by atoms with Crippen LogP contribution in [0.4, 0.5) is 0 Å². The number of methoxy groups -OCH3 is 1. The molecule has 1 saturated heterocycles. The molecule has 1 aliphatic heterocycles. The third kappa shape index (κ3) is 4.85. The molecule has 0 aliphatic carbocycles. The van der Waals surface area contributed by atoms with Crippen molar-refractivity contribution in [3.05, 3.63) is 70.8 Å². The fraction of sp³-hybridized carbons (Fsp3) is 0.333. The van der Waals surface area contributed by atoms with Crippen LogP contribution in [-0.4, -0.2) is 68.8 Å². The first kappa shape index (κ1) is 24.6. The van der Waals surface area contributed by atoms with Gasteiger partial charge >= 0.3 is 0 Å². The molecular formula is C24H28N2O6S. The Hall–Kier alpha value is -3.01. The van der Waals surface area contributed by atoms with Gasteiger partial charge in [-0.3, -0.25) is 9.59 Å². The van der Waals surface area contributed by atoms with Crippen LogP contribution < -0.4 is 0 Å². The quantitative estimate of drug-likeness (QED) is 0.274. The third-order valence-electron chi connectivity index (χ3n) is 5.59. The summed E-state index contributed by atoms with van der Waals surface area (Å²) in [7, 11) is 0.771. The number of hydrogen-bond acceptors (Lipinski definition) is 6. The zero-order chi connectivity index (χ0) is 24.3. The van der Waals surface area contributed by atoms with Crippen molar-refractivity contribution in [1.82, 2.24) is 9.21 Å². The van der Waals surface area contributed by atoms with Gasteiger partial charge in [0.1, 0.15) is 5.76 Å². The molecule has 0 radical (unpaired) electrons. The minimum atomic E-state index is -3.64. The van der Waals surface area contributed by atoms with Crippen molar-refractivity contribution in [2.75, 3.05) is 34.4 Å². The van der Waals surface area contributed by atoms with E-state index in [4.69, 9.17) is 4.74 Å². The standard InChI is InChI=1S/C24H28N2O6S/c1-16-6-8-17(9-7-16)21-20(23(28)24(29)26(21)14-5-15-32-4)22(27)18-10-12-19(13-11-18)33(30,31)25(2)3/h6-13,21,27H,5,14-15H2,1-4H3/b22-20+/t21-/m0/s1. The average Bonchev–Trinajstić information content (AvgIpc) is 3.04. The predicted molar refractivity (Wildman–Crippen MR) is 124 cm³/mol. The van der Waals surface area contributed by atoms with Gasteiger partial charge in [-0.1, -0.05) is 29.8 Å². The lowest BCUT2D eigenvalue weighted by molar-refractivity contribution is -0.140. The number of benzene rings is 2. The summed E-state index contributed by atoms with van der Waals surface area (Å²) in [5.41, 5.74) is 1.95. The molecule has 8 nitrogen and oxygen atoms in total. The SMILES string of the molecule is COCCCN1C(=O)C(=O)/C(=C(/O)c2ccc(S(=O)(=O)N(C)C)cc2)[C@@H]1c1ccc(C)cc1. The second kappa shape index (κ2) is 9.86. The number of carbonyl (C=O) groups excluding carboxylic acids is 2. The average molecular weight is 473 g/mol. The van der Waals surface area contributed by atoms with Gasteiger partial charge in [0.05, 0.1) is 16.5 Å². The second-order valence-corrected chi connectivity index (χ2v) is 10.2. The first-order valence-electron chi connectivity index (χ1n) is 10.5. The number of carbonyl (C=O) groups is 2. The number of amides is 1. The fourth-order valence-corrected chi connectivity index (χ4v) is 4.64. The molecule has 0 spiro atoms. The van der Waals surface area contributed by atoms with Crippen molar-refractivity contribution in [3.63, 3.8) is 0 Å². The third-order valence-corrected chi connectivity index (χ3v) is 7.42. The van der Waals surface area contributed by atoms with Gasteiger partial charge in [-0.2, -0.15) is 0 Å². The maximum Gasteiger partial charge on any atom is 0.295 e. The molecule has 0 bridgehead atoms. The Morgan fingerprint density at radius 1 is 1.06 bits per heavy atom. The number of ether oxygens (including phenoxy) is 1. The molecular weight excluding hydrogens is 444 g/mol. The maximum atomic E-state index is 13.0. The van der Waals surface area contributed by atoms with Crippen LogP contribution in [0.3, 0.4) is 0 Å². The molecule has 2 aromatic carbocycles. The highest BCUT2D eigenvalue weighted by molar-refractivity contribution is 7.89. The van der Waals surface area contributed by atoms with Crippen molar-refractivity contribution in [3.8, 4) is 0 Å². The number of aliphatic hydroxyl groups is 1. The van der Waals surface area contributed by atoms with E-state index in [0.717, 1.165) is 9.87 Å².